The average molecular weight is 392 g/mol. The Labute approximate surface area is 162 Å². The van der Waals surface area contributed by atoms with Gasteiger partial charge in [0, 0.05) is 18.0 Å². The molecule has 27 heavy (non-hydrogen) atoms. The Morgan fingerprint density at radius 2 is 1.93 bits per heavy atom. The molecule has 0 saturated heterocycles. The van der Waals surface area contributed by atoms with Gasteiger partial charge in [0.15, 0.2) is 0 Å². The first kappa shape index (κ1) is 19.5. The van der Waals surface area contributed by atoms with Gasteiger partial charge in [-0.2, -0.15) is 0 Å². The van der Waals surface area contributed by atoms with Crippen molar-refractivity contribution in [2.75, 3.05) is 32.2 Å². The van der Waals surface area contributed by atoms with E-state index in [9.17, 15) is 14.4 Å². The van der Waals surface area contributed by atoms with Gasteiger partial charge in [0.1, 0.15) is 0 Å². The molecule has 1 N–H and O–H groups in total. The van der Waals surface area contributed by atoms with Gasteiger partial charge in [0.2, 0.25) is 5.91 Å². The summed E-state index contributed by atoms with van der Waals surface area (Å²) in [6.07, 6.45) is 3.20. The number of ether oxygens (including phenoxy) is 2. The highest BCUT2D eigenvalue weighted by molar-refractivity contribution is 8.01. The second-order valence-electron chi connectivity index (χ2n) is 6.81. The van der Waals surface area contributed by atoms with Gasteiger partial charge >= 0.3 is 12.1 Å². The van der Waals surface area contributed by atoms with Crippen LogP contribution in [-0.2, 0) is 14.3 Å². The number of thioether (sulfide) groups is 1. The molecule has 1 aliphatic carbocycles. The average Bonchev–Trinajstić information content (AvgIpc) is 3.13. The summed E-state index contributed by atoms with van der Waals surface area (Å²) in [4.78, 5) is 39.5. The van der Waals surface area contributed by atoms with Gasteiger partial charge in [-0.15, -0.1) is 11.8 Å². The van der Waals surface area contributed by atoms with Crippen molar-refractivity contribution in [1.82, 2.24) is 5.32 Å². The number of hydrogen-bond acceptors (Lipinski definition) is 6. The van der Waals surface area contributed by atoms with Crippen molar-refractivity contribution in [3.63, 3.8) is 0 Å². The van der Waals surface area contributed by atoms with Crippen LogP contribution in [-0.4, -0.2) is 50.0 Å². The lowest BCUT2D eigenvalue weighted by atomic mass is 10.0. The van der Waals surface area contributed by atoms with Gasteiger partial charge < -0.3 is 19.7 Å². The van der Waals surface area contributed by atoms with Crippen molar-refractivity contribution in [1.29, 1.82) is 0 Å². The predicted octanol–water partition coefficient (Wildman–Crippen LogP) is 2.89. The molecule has 0 radical (unpaired) electrons. The van der Waals surface area contributed by atoms with E-state index in [0.29, 0.717) is 17.8 Å². The second-order valence-corrected chi connectivity index (χ2v) is 8.23. The third kappa shape index (κ3) is 3.63. The molecular formula is C19H24N2O5S. The van der Waals surface area contributed by atoms with Crippen LogP contribution >= 0.6 is 11.8 Å². The summed E-state index contributed by atoms with van der Waals surface area (Å²) in [5.74, 6) is -0.384. The zero-order chi connectivity index (χ0) is 19.6. The van der Waals surface area contributed by atoms with Crippen LogP contribution in [0.2, 0.25) is 0 Å². The molecule has 7 nitrogen and oxygen atoms in total. The first-order valence-corrected chi connectivity index (χ1v) is 9.79. The highest BCUT2D eigenvalue weighted by Crippen LogP contribution is 2.53. The lowest BCUT2D eigenvalue weighted by Gasteiger charge is -2.40. The van der Waals surface area contributed by atoms with Gasteiger partial charge in [0.25, 0.3) is 0 Å². The molecule has 2 aliphatic rings. The van der Waals surface area contributed by atoms with Crippen LogP contribution in [0.25, 0.3) is 0 Å². The van der Waals surface area contributed by atoms with E-state index in [-0.39, 0.29) is 12.5 Å². The summed E-state index contributed by atoms with van der Waals surface area (Å²) >= 11 is 1.61. The molecule has 2 amide bonds. The van der Waals surface area contributed by atoms with Crippen molar-refractivity contribution in [3.8, 4) is 0 Å². The SMILES string of the molecule is COC(=O)NCCN1C(=O)C2(CCCC2)Sc2cc(C)c(C(=O)OC)cc21. The van der Waals surface area contributed by atoms with Crippen molar-refractivity contribution < 1.29 is 23.9 Å². The number of benzene rings is 1. The molecule has 146 valence electrons. The van der Waals surface area contributed by atoms with Crippen LogP contribution in [0.1, 0.15) is 41.6 Å². The van der Waals surface area contributed by atoms with Crippen LogP contribution in [0.5, 0.6) is 0 Å². The Morgan fingerprint density at radius 1 is 1.22 bits per heavy atom. The zero-order valence-electron chi connectivity index (χ0n) is 15.8. The quantitative estimate of drug-likeness (QED) is 0.793. The van der Waals surface area contributed by atoms with Crippen LogP contribution in [0, 0.1) is 6.92 Å². The third-order valence-corrected chi connectivity index (χ3v) is 6.66. The smallest absolute Gasteiger partial charge is 0.406 e. The number of aryl methyl sites for hydroxylation is 1. The molecule has 0 aromatic heterocycles. The number of fused-ring (bicyclic) bond motifs is 1. The molecule has 1 spiro atoms. The van der Waals surface area contributed by atoms with Crippen LogP contribution in [0.4, 0.5) is 10.5 Å². The lowest BCUT2D eigenvalue weighted by Crippen LogP contribution is -2.50. The van der Waals surface area contributed by atoms with Gasteiger partial charge in [-0.1, -0.05) is 12.8 Å². The summed E-state index contributed by atoms with van der Waals surface area (Å²) in [5.41, 5.74) is 1.96. The number of nitrogens with one attached hydrogen (secondary N) is 1. The van der Waals surface area contributed by atoms with E-state index in [1.807, 2.05) is 13.0 Å². The fraction of sp³-hybridized carbons (Fsp3) is 0.526. The minimum Gasteiger partial charge on any atom is -0.465 e. The highest BCUT2D eigenvalue weighted by Gasteiger charge is 2.48. The Balaban J connectivity index is 1.97. The molecule has 0 atom stereocenters. The molecule has 3 rings (SSSR count). The zero-order valence-corrected chi connectivity index (χ0v) is 16.6. The number of amides is 2. The van der Waals surface area contributed by atoms with E-state index in [1.165, 1.54) is 14.2 Å². The van der Waals surface area contributed by atoms with E-state index in [0.717, 1.165) is 36.1 Å². The summed E-state index contributed by atoms with van der Waals surface area (Å²) in [6, 6.07) is 3.68. The van der Waals surface area contributed by atoms with Crippen LogP contribution < -0.4 is 10.2 Å². The molecular weight excluding hydrogens is 368 g/mol. The van der Waals surface area contributed by atoms with Crippen molar-refractivity contribution in [2.24, 2.45) is 0 Å². The number of anilines is 1. The van der Waals surface area contributed by atoms with Crippen LogP contribution in [0.15, 0.2) is 17.0 Å². The number of carbonyl (C=O) groups excluding carboxylic acids is 3. The number of alkyl carbamates (subject to hydrolysis) is 1. The molecule has 0 bridgehead atoms. The number of carbonyl (C=O) groups is 3. The second kappa shape index (κ2) is 7.80. The lowest BCUT2D eigenvalue weighted by molar-refractivity contribution is -0.121. The number of rotatable bonds is 4. The summed E-state index contributed by atoms with van der Waals surface area (Å²) < 4.78 is 9.01. The van der Waals surface area contributed by atoms with E-state index in [1.54, 1.807) is 22.7 Å². The van der Waals surface area contributed by atoms with Crippen molar-refractivity contribution in [3.05, 3.63) is 23.3 Å². The predicted molar refractivity (Wildman–Crippen MR) is 102 cm³/mol. The number of methoxy groups -OCH3 is 2. The summed E-state index contributed by atoms with van der Waals surface area (Å²) in [7, 11) is 2.64. The molecule has 1 aromatic rings. The van der Waals surface area contributed by atoms with E-state index in [2.05, 4.69) is 10.1 Å². The number of hydrogen-bond donors (Lipinski definition) is 1. The van der Waals surface area contributed by atoms with Gasteiger partial charge in [-0.3, -0.25) is 4.79 Å². The van der Waals surface area contributed by atoms with Gasteiger partial charge in [-0.25, -0.2) is 9.59 Å². The topological polar surface area (TPSA) is 84.9 Å². The van der Waals surface area contributed by atoms with Crippen molar-refractivity contribution >= 4 is 35.4 Å². The molecule has 0 unspecified atom stereocenters. The Hall–Kier alpha value is -2.22. The Kier molecular flexibility index (Phi) is 5.64. The van der Waals surface area contributed by atoms with E-state index < -0.39 is 16.8 Å². The maximum atomic E-state index is 13.3. The Bertz CT molecular complexity index is 774. The first-order valence-electron chi connectivity index (χ1n) is 8.97. The molecule has 8 heteroatoms. The van der Waals surface area contributed by atoms with E-state index >= 15 is 0 Å². The Morgan fingerprint density at radius 3 is 2.56 bits per heavy atom. The minimum absolute atomic E-state index is 0.0452. The molecule has 1 aromatic carbocycles. The van der Waals surface area contributed by atoms with Crippen LogP contribution in [0.3, 0.4) is 0 Å². The maximum absolute atomic E-state index is 13.3. The number of nitrogens with zero attached hydrogens (tertiary/aromatic N) is 1. The minimum atomic E-state index is -0.538. The molecule has 1 aliphatic heterocycles. The summed E-state index contributed by atoms with van der Waals surface area (Å²) in [5, 5.41) is 2.62. The number of esters is 1. The summed E-state index contributed by atoms with van der Waals surface area (Å²) in [6.45, 7) is 2.45. The monoisotopic (exact) mass is 392 g/mol. The maximum Gasteiger partial charge on any atom is 0.406 e. The fourth-order valence-corrected chi connectivity index (χ4v) is 5.35. The van der Waals surface area contributed by atoms with Crippen molar-refractivity contribution in [2.45, 2.75) is 42.2 Å². The third-order valence-electron chi connectivity index (χ3n) is 5.14. The molecule has 1 heterocycles. The van der Waals surface area contributed by atoms with E-state index in [4.69, 9.17) is 4.74 Å². The first-order chi connectivity index (χ1) is 12.9. The van der Waals surface area contributed by atoms with Gasteiger partial charge in [0.05, 0.1) is 30.2 Å². The fourth-order valence-electron chi connectivity index (χ4n) is 3.73. The normalized spacial score (nSPS) is 17.6. The molecule has 1 saturated carbocycles. The highest BCUT2D eigenvalue weighted by atomic mass is 32.2. The standard InChI is InChI=1S/C19H24N2O5S/c1-12-10-15-14(11-13(12)16(22)25-2)21(9-8-20-18(24)26-3)17(23)19(27-15)6-4-5-7-19/h10-11H,4-9H2,1-3H3,(H,20,24). The molecule has 1 fully saturated rings. The van der Waals surface area contributed by atoms with Gasteiger partial charge in [-0.05, 0) is 37.5 Å². The largest absolute Gasteiger partial charge is 0.465 e.